The van der Waals surface area contributed by atoms with Crippen molar-refractivity contribution in [3.8, 4) is 0 Å². The molecule has 5 heteroatoms. The van der Waals surface area contributed by atoms with E-state index in [2.05, 4.69) is 4.74 Å². The Kier molecular flexibility index (Phi) is 2.56. The maximum Gasteiger partial charge on any atom is 0.350 e. The van der Waals surface area contributed by atoms with Crippen LogP contribution in [-0.4, -0.2) is 21.0 Å². The van der Waals surface area contributed by atoms with E-state index < -0.39 is 15.8 Å². The van der Waals surface area contributed by atoms with Gasteiger partial charge in [-0.15, -0.1) is 0 Å². The predicted molar refractivity (Wildman–Crippen MR) is 47.4 cm³/mol. The van der Waals surface area contributed by atoms with Crippen molar-refractivity contribution in [3.63, 3.8) is 0 Å². The zero-order valence-corrected chi connectivity index (χ0v) is 8.22. The molecule has 0 aliphatic carbocycles. The van der Waals surface area contributed by atoms with Crippen LogP contribution in [-0.2, 0) is 19.4 Å². The topological polar surface area (TPSA) is 60.4 Å². The molecule has 13 heavy (non-hydrogen) atoms. The molecule has 0 aromatic heterocycles. The van der Waals surface area contributed by atoms with E-state index in [0.29, 0.717) is 0 Å². The Morgan fingerprint density at radius 2 is 2.08 bits per heavy atom. The molecule has 0 N–H and O–H groups in total. The summed E-state index contributed by atoms with van der Waals surface area (Å²) in [7, 11) is -3.54. The van der Waals surface area contributed by atoms with Crippen molar-refractivity contribution in [2.24, 2.45) is 0 Å². The summed E-state index contributed by atoms with van der Waals surface area (Å²) in [6.45, 7) is 3.24. The minimum atomic E-state index is -3.54. The molecule has 0 saturated carbocycles. The lowest BCUT2D eigenvalue weighted by Crippen LogP contribution is -2.14. The molecule has 0 saturated heterocycles. The summed E-state index contributed by atoms with van der Waals surface area (Å²) >= 11 is 0. The maximum absolute atomic E-state index is 11.4. The van der Waals surface area contributed by atoms with E-state index in [1.165, 1.54) is 19.1 Å². The van der Waals surface area contributed by atoms with Crippen molar-refractivity contribution < 1.29 is 17.9 Å². The summed E-state index contributed by atoms with van der Waals surface area (Å²) in [6.07, 6.45) is 2.66. The molecule has 0 unspecified atom stereocenters. The van der Waals surface area contributed by atoms with Crippen molar-refractivity contribution in [2.75, 3.05) is 6.61 Å². The summed E-state index contributed by atoms with van der Waals surface area (Å²) in [5, 5.41) is 0. The van der Waals surface area contributed by atoms with Gasteiger partial charge in [-0.25, -0.2) is 13.2 Å². The zero-order valence-electron chi connectivity index (χ0n) is 7.40. The van der Waals surface area contributed by atoms with Gasteiger partial charge in [-0.05, 0) is 26.0 Å². The number of hydrogen-bond acceptors (Lipinski definition) is 4. The first-order valence-corrected chi connectivity index (χ1v) is 5.29. The Balaban J connectivity index is 2.96. The van der Waals surface area contributed by atoms with Crippen LogP contribution in [0.5, 0.6) is 0 Å². The van der Waals surface area contributed by atoms with E-state index in [1.54, 1.807) is 6.92 Å². The quantitative estimate of drug-likeness (QED) is 0.620. The van der Waals surface area contributed by atoms with Crippen LogP contribution in [0.1, 0.15) is 13.8 Å². The minimum absolute atomic E-state index is 0.171. The molecule has 0 bridgehead atoms. The Labute approximate surface area is 76.8 Å². The van der Waals surface area contributed by atoms with Gasteiger partial charge in [0.25, 0.3) is 0 Å². The maximum atomic E-state index is 11.4. The van der Waals surface area contributed by atoms with Gasteiger partial charge in [0.05, 0.1) is 6.61 Å². The number of allylic oxidation sites excluding steroid dienone is 3. The number of esters is 1. The lowest BCUT2D eigenvalue weighted by Gasteiger charge is -2.02. The van der Waals surface area contributed by atoms with Crippen molar-refractivity contribution in [2.45, 2.75) is 13.8 Å². The number of ether oxygens (including phenoxy) is 1. The zero-order chi connectivity index (χ0) is 10.1. The minimum Gasteiger partial charge on any atom is -0.462 e. The number of hydrogen-bond donors (Lipinski definition) is 0. The second-order valence-corrected chi connectivity index (χ2v) is 4.62. The van der Waals surface area contributed by atoms with Crippen molar-refractivity contribution in [1.29, 1.82) is 0 Å². The van der Waals surface area contributed by atoms with Crippen LogP contribution in [0.25, 0.3) is 0 Å². The van der Waals surface area contributed by atoms with Gasteiger partial charge in [0.1, 0.15) is 0 Å². The highest BCUT2D eigenvalue weighted by Crippen LogP contribution is 2.24. The number of sulfone groups is 1. The first-order valence-electron chi connectivity index (χ1n) is 3.81. The average Bonchev–Trinajstić information content (AvgIpc) is 2.28. The van der Waals surface area contributed by atoms with Crippen LogP contribution in [0.4, 0.5) is 0 Å². The molecule has 0 spiro atoms. The normalized spacial score (nSPS) is 19.2. The largest absolute Gasteiger partial charge is 0.462 e. The molecule has 1 aliphatic rings. The second kappa shape index (κ2) is 3.33. The number of carbonyl (C=O) groups is 1. The third kappa shape index (κ3) is 1.65. The SMILES string of the molecule is CCOC(=O)C1=CC=C(C)S1(=O)=O. The third-order valence-electron chi connectivity index (χ3n) is 1.66. The van der Waals surface area contributed by atoms with E-state index in [4.69, 9.17) is 0 Å². The molecule has 0 aromatic carbocycles. The summed E-state index contributed by atoms with van der Waals surface area (Å²) in [5.74, 6) is -0.782. The van der Waals surface area contributed by atoms with E-state index in [0.717, 1.165) is 0 Å². The highest BCUT2D eigenvalue weighted by molar-refractivity contribution is 8.00. The molecule has 0 radical (unpaired) electrons. The highest BCUT2D eigenvalue weighted by atomic mass is 32.2. The summed E-state index contributed by atoms with van der Waals surface area (Å²) in [5.41, 5.74) is 0. The Bertz CT molecular complexity index is 386. The molecule has 4 nitrogen and oxygen atoms in total. The molecular formula is C8H10O4S. The third-order valence-corrected chi connectivity index (χ3v) is 3.53. The molecule has 0 atom stereocenters. The molecule has 0 amide bonds. The first-order chi connectivity index (χ1) is 6.00. The fourth-order valence-corrected chi connectivity index (χ4v) is 2.05. The van der Waals surface area contributed by atoms with Gasteiger partial charge in [0.15, 0.2) is 4.91 Å². The lowest BCUT2D eigenvalue weighted by atomic mass is 10.4. The molecule has 72 valence electrons. The number of carbonyl (C=O) groups excluding carboxylic acids is 1. The van der Waals surface area contributed by atoms with E-state index in [-0.39, 0.29) is 16.4 Å². The fraction of sp³-hybridized carbons (Fsp3) is 0.375. The smallest absolute Gasteiger partial charge is 0.350 e. The van der Waals surface area contributed by atoms with E-state index in [9.17, 15) is 13.2 Å². The second-order valence-electron chi connectivity index (χ2n) is 2.53. The monoisotopic (exact) mass is 202 g/mol. The van der Waals surface area contributed by atoms with Crippen LogP contribution in [0.3, 0.4) is 0 Å². The molecule has 1 aliphatic heterocycles. The fourth-order valence-electron chi connectivity index (χ4n) is 0.926. The first kappa shape index (κ1) is 9.98. The van der Waals surface area contributed by atoms with Gasteiger partial charge >= 0.3 is 5.97 Å². The van der Waals surface area contributed by atoms with Crippen molar-refractivity contribution >= 4 is 15.8 Å². The lowest BCUT2D eigenvalue weighted by molar-refractivity contribution is -0.137. The van der Waals surface area contributed by atoms with Crippen LogP contribution in [0.15, 0.2) is 22.0 Å². The molecular weight excluding hydrogens is 192 g/mol. The van der Waals surface area contributed by atoms with Gasteiger partial charge in [-0.2, -0.15) is 0 Å². The number of rotatable bonds is 2. The highest BCUT2D eigenvalue weighted by Gasteiger charge is 2.30. The van der Waals surface area contributed by atoms with Gasteiger partial charge in [0, 0.05) is 4.91 Å². The molecule has 0 fully saturated rings. The Morgan fingerprint density at radius 3 is 2.46 bits per heavy atom. The molecule has 1 heterocycles. The Morgan fingerprint density at radius 1 is 1.46 bits per heavy atom. The standard InChI is InChI=1S/C8H10O4S/c1-3-12-8(9)7-5-4-6(2)13(7,10)11/h4-5H,3H2,1-2H3. The Hall–Kier alpha value is -1.10. The van der Waals surface area contributed by atoms with Gasteiger partial charge in [0.2, 0.25) is 9.84 Å². The average molecular weight is 202 g/mol. The van der Waals surface area contributed by atoms with E-state index in [1.807, 2.05) is 0 Å². The molecule has 0 aromatic rings. The van der Waals surface area contributed by atoms with Gasteiger partial charge < -0.3 is 4.74 Å². The van der Waals surface area contributed by atoms with Crippen molar-refractivity contribution in [1.82, 2.24) is 0 Å². The van der Waals surface area contributed by atoms with Crippen LogP contribution >= 0.6 is 0 Å². The van der Waals surface area contributed by atoms with Gasteiger partial charge in [-0.3, -0.25) is 0 Å². The van der Waals surface area contributed by atoms with Crippen LogP contribution in [0.2, 0.25) is 0 Å². The van der Waals surface area contributed by atoms with Gasteiger partial charge in [-0.1, -0.05) is 0 Å². The summed E-state index contributed by atoms with van der Waals surface area (Å²) < 4.78 is 27.3. The van der Waals surface area contributed by atoms with E-state index >= 15 is 0 Å². The van der Waals surface area contributed by atoms with Crippen LogP contribution < -0.4 is 0 Å². The van der Waals surface area contributed by atoms with Crippen molar-refractivity contribution in [3.05, 3.63) is 22.0 Å². The predicted octanol–water partition coefficient (Wildman–Crippen LogP) is 0.766. The molecule has 1 rings (SSSR count). The van der Waals surface area contributed by atoms with Crippen LogP contribution in [0, 0.1) is 0 Å². The summed E-state index contributed by atoms with van der Waals surface area (Å²) in [6, 6.07) is 0. The summed E-state index contributed by atoms with van der Waals surface area (Å²) in [4.78, 5) is 11.0.